The highest BCUT2D eigenvalue weighted by Crippen LogP contribution is 2.27. The Balaban J connectivity index is 1.76. The molecule has 4 heteroatoms. The Kier molecular flexibility index (Phi) is 5.74. The smallest absolute Gasteiger partial charge is 0.265 e. The maximum atomic E-state index is 12.7. The zero-order valence-corrected chi connectivity index (χ0v) is 15.1. The third-order valence-electron chi connectivity index (χ3n) is 4.09. The minimum absolute atomic E-state index is 0.172. The highest BCUT2D eigenvalue weighted by atomic mass is 16.5. The van der Waals surface area contributed by atoms with Crippen LogP contribution in [0.5, 0.6) is 11.5 Å². The van der Waals surface area contributed by atoms with Crippen molar-refractivity contribution in [3.8, 4) is 11.5 Å². The van der Waals surface area contributed by atoms with Crippen molar-refractivity contribution < 1.29 is 14.3 Å². The molecule has 4 nitrogen and oxygen atoms in total. The number of hydrogen-bond donors (Lipinski definition) is 1. The zero-order chi connectivity index (χ0) is 18.4. The molecule has 0 radical (unpaired) electrons. The van der Waals surface area contributed by atoms with Crippen molar-refractivity contribution in [1.82, 2.24) is 0 Å². The second-order valence-electron chi connectivity index (χ2n) is 5.94. The van der Waals surface area contributed by atoms with Gasteiger partial charge in [-0.05, 0) is 36.9 Å². The summed E-state index contributed by atoms with van der Waals surface area (Å²) < 4.78 is 11.5. The molecule has 0 fully saturated rings. The lowest BCUT2D eigenvalue weighted by Gasteiger charge is -2.19. The molecule has 0 aliphatic heterocycles. The number of fused-ring (bicyclic) bond motifs is 1. The van der Waals surface area contributed by atoms with Crippen molar-refractivity contribution in [2.24, 2.45) is 0 Å². The van der Waals surface area contributed by atoms with Crippen molar-refractivity contribution in [3.63, 3.8) is 0 Å². The van der Waals surface area contributed by atoms with Gasteiger partial charge in [-0.2, -0.15) is 0 Å². The maximum Gasteiger partial charge on any atom is 0.265 e. The van der Waals surface area contributed by atoms with E-state index in [0.29, 0.717) is 24.5 Å². The van der Waals surface area contributed by atoms with Gasteiger partial charge >= 0.3 is 0 Å². The third kappa shape index (κ3) is 4.14. The molecule has 0 aromatic heterocycles. The van der Waals surface area contributed by atoms with Crippen LogP contribution in [0, 0.1) is 0 Å². The number of nitrogens with one attached hydrogen (secondary N) is 1. The zero-order valence-electron chi connectivity index (χ0n) is 15.1. The fourth-order valence-corrected chi connectivity index (χ4v) is 2.83. The molecule has 1 atom stereocenters. The minimum Gasteiger partial charge on any atom is -0.494 e. The molecular weight excluding hydrogens is 326 g/mol. The van der Waals surface area contributed by atoms with Gasteiger partial charge in [0.1, 0.15) is 11.5 Å². The molecule has 0 aliphatic carbocycles. The van der Waals surface area contributed by atoms with Crippen LogP contribution >= 0.6 is 0 Å². The summed E-state index contributed by atoms with van der Waals surface area (Å²) in [5.74, 6) is 1.27. The van der Waals surface area contributed by atoms with Crippen LogP contribution in [0.1, 0.15) is 20.3 Å². The van der Waals surface area contributed by atoms with E-state index in [0.717, 1.165) is 16.5 Å². The lowest BCUT2D eigenvalue weighted by atomic mass is 10.1. The van der Waals surface area contributed by atoms with Crippen LogP contribution < -0.4 is 14.8 Å². The largest absolute Gasteiger partial charge is 0.494 e. The van der Waals surface area contributed by atoms with E-state index < -0.39 is 6.10 Å². The molecule has 0 spiro atoms. The molecule has 1 N–H and O–H groups in total. The van der Waals surface area contributed by atoms with Gasteiger partial charge in [0.15, 0.2) is 6.10 Å². The quantitative estimate of drug-likeness (QED) is 0.650. The summed E-state index contributed by atoms with van der Waals surface area (Å²) in [4.78, 5) is 12.7. The van der Waals surface area contributed by atoms with Crippen LogP contribution in [0.25, 0.3) is 10.8 Å². The lowest BCUT2D eigenvalue weighted by Crippen LogP contribution is -2.32. The third-order valence-corrected chi connectivity index (χ3v) is 4.09. The number of ether oxygens (including phenoxy) is 2. The molecule has 3 aromatic rings. The molecule has 134 valence electrons. The van der Waals surface area contributed by atoms with Gasteiger partial charge in [-0.15, -0.1) is 0 Å². The maximum absolute atomic E-state index is 12.7. The Morgan fingerprint density at radius 2 is 1.77 bits per heavy atom. The molecule has 0 saturated carbocycles. The normalized spacial score (nSPS) is 11.8. The first-order valence-corrected chi connectivity index (χ1v) is 8.89. The predicted molar refractivity (Wildman–Crippen MR) is 105 cm³/mol. The predicted octanol–water partition coefficient (Wildman–Crippen LogP) is 5.03. The van der Waals surface area contributed by atoms with Gasteiger partial charge in [0.05, 0.1) is 6.61 Å². The Labute approximate surface area is 153 Å². The first-order valence-electron chi connectivity index (χ1n) is 8.89. The number of benzene rings is 3. The van der Waals surface area contributed by atoms with E-state index in [4.69, 9.17) is 9.47 Å². The molecule has 0 saturated heterocycles. The average molecular weight is 349 g/mol. The summed E-state index contributed by atoms with van der Waals surface area (Å²) in [5, 5.41) is 5.00. The van der Waals surface area contributed by atoms with Crippen LogP contribution in [0.3, 0.4) is 0 Å². The number of rotatable bonds is 7. The van der Waals surface area contributed by atoms with E-state index in [9.17, 15) is 4.79 Å². The van der Waals surface area contributed by atoms with E-state index in [1.165, 1.54) is 0 Å². The summed E-state index contributed by atoms with van der Waals surface area (Å²) in [5.41, 5.74) is 0.695. The number of amides is 1. The van der Waals surface area contributed by atoms with Crippen molar-refractivity contribution in [1.29, 1.82) is 0 Å². The number of hydrogen-bond acceptors (Lipinski definition) is 3. The van der Waals surface area contributed by atoms with Crippen molar-refractivity contribution >= 4 is 22.4 Å². The van der Waals surface area contributed by atoms with Gasteiger partial charge in [0, 0.05) is 17.1 Å². The van der Waals surface area contributed by atoms with E-state index in [1.54, 1.807) is 0 Å². The highest BCUT2D eigenvalue weighted by molar-refractivity contribution is 5.95. The summed E-state index contributed by atoms with van der Waals surface area (Å²) >= 11 is 0. The van der Waals surface area contributed by atoms with Gasteiger partial charge in [0.25, 0.3) is 5.91 Å². The van der Waals surface area contributed by atoms with Crippen molar-refractivity contribution in [2.45, 2.75) is 26.4 Å². The summed E-state index contributed by atoms with van der Waals surface area (Å²) in [6, 6.07) is 21.2. The van der Waals surface area contributed by atoms with Gasteiger partial charge in [0.2, 0.25) is 0 Å². The van der Waals surface area contributed by atoms with E-state index >= 15 is 0 Å². The first kappa shape index (κ1) is 17.8. The standard InChI is InChI=1S/C22H23NO3/c1-3-20(22(24)23-17-11-8-12-18(15-17)25-4-2)26-21-14-7-10-16-9-5-6-13-19(16)21/h5-15,20H,3-4H2,1-2H3,(H,23,24)/t20-/m0/s1. The molecule has 0 bridgehead atoms. The second kappa shape index (κ2) is 8.39. The number of carbonyl (C=O) groups excluding carboxylic acids is 1. The van der Waals surface area contributed by atoms with Crippen molar-refractivity contribution in [3.05, 3.63) is 66.7 Å². The molecule has 0 aliphatic rings. The topological polar surface area (TPSA) is 47.6 Å². The summed E-state index contributed by atoms with van der Waals surface area (Å²) in [6.45, 7) is 4.45. The Morgan fingerprint density at radius 3 is 2.58 bits per heavy atom. The van der Waals surface area contributed by atoms with Crippen LogP contribution in [0.2, 0.25) is 0 Å². The van der Waals surface area contributed by atoms with E-state index in [-0.39, 0.29) is 5.91 Å². The molecule has 3 aromatic carbocycles. The van der Waals surface area contributed by atoms with Crippen LogP contribution in [-0.2, 0) is 4.79 Å². The van der Waals surface area contributed by atoms with Crippen LogP contribution in [0.15, 0.2) is 66.7 Å². The summed E-state index contributed by atoms with van der Waals surface area (Å²) in [7, 11) is 0. The van der Waals surface area contributed by atoms with Crippen LogP contribution in [0.4, 0.5) is 5.69 Å². The Morgan fingerprint density at radius 1 is 1.00 bits per heavy atom. The van der Waals surface area contributed by atoms with Crippen LogP contribution in [-0.4, -0.2) is 18.6 Å². The van der Waals surface area contributed by atoms with Crippen molar-refractivity contribution in [2.75, 3.05) is 11.9 Å². The molecular formula is C22H23NO3. The SMILES string of the molecule is CCOc1cccc(NC(=O)[C@H](CC)Oc2cccc3ccccc23)c1. The fraction of sp³-hybridized carbons (Fsp3) is 0.227. The first-order chi connectivity index (χ1) is 12.7. The fourth-order valence-electron chi connectivity index (χ4n) is 2.83. The number of carbonyl (C=O) groups is 1. The number of anilines is 1. The molecule has 3 rings (SSSR count). The second-order valence-corrected chi connectivity index (χ2v) is 5.94. The van der Waals surface area contributed by atoms with Gasteiger partial charge in [-0.25, -0.2) is 0 Å². The minimum atomic E-state index is -0.573. The molecule has 0 unspecified atom stereocenters. The monoisotopic (exact) mass is 349 g/mol. The van der Waals surface area contributed by atoms with E-state index in [2.05, 4.69) is 5.32 Å². The molecule has 0 heterocycles. The Bertz CT molecular complexity index is 886. The Hall–Kier alpha value is -3.01. The van der Waals surface area contributed by atoms with Gasteiger partial charge < -0.3 is 14.8 Å². The lowest BCUT2D eigenvalue weighted by molar-refractivity contribution is -0.122. The molecule has 1 amide bonds. The molecule has 26 heavy (non-hydrogen) atoms. The van der Waals surface area contributed by atoms with Gasteiger partial charge in [-0.3, -0.25) is 4.79 Å². The highest BCUT2D eigenvalue weighted by Gasteiger charge is 2.19. The summed E-state index contributed by atoms with van der Waals surface area (Å²) in [6.07, 6.45) is -0.00299. The van der Waals surface area contributed by atoms with Gasteiger partial charge in [-0.1, -0.05) is 49.4 Å². The average Bonchev–Trinajstić information content (AvgIpc) is 2.66. The van der Waals surface area contributed by atoms with E-state index in [1.807, 2.05) is 80.6 Å².